The molecule has 2 aliphatic rings. The van der Waals surface area contributed by atoms with Crippen molar-refractivity contribution in [1.82, 2.24) is 9.80 Å². The Balaban J connectivity index is 1.64. The Labute approximate surface area is 212 Å². The van der Waals surface area contributed by atoms with Gasteiger partial charge < -0.3 is 24.0 Å². The second-order valence-corrected chi connectivity index (χ2v) is 8.79. The summed E-state index contributed by atoms with van der Waals surface area (Å²) >= 11 is 0. The van der Waals surface area contributed by atoms with Gasteiger partial charge in [0.15, 0.2) is 11.5 Å². The van der Waals surface area contributed by atoms with Crippen molar-refractivity contribution >= 4 is 17.8 Å². The van der Waals surface area contributed by atoms with Gasteiger partial charge in [-0.1, -0.05) is 18.2 Å². The monoisotopic (exact) mass is 513 g/mol. The van der Waals surface area contributed by atoms with Gasteiger partial charge in [-0.15, -0.1) is 0 Å². The first kappa shape index (κ1) is 25.9. The number of hydrogen-bond acceptors (Lipinski definition) is 7. The summed E-state index contributed by atoms with van der Waals surface area (Å²) in [5.74, 6) is -5.67. The van der Waals surface area contributed by atoms with Crippen molar-refractivity contribution in [1.29, 1.82) is 5.26 Å². The fourth-order valence-electron chi connectivity index (χ4n) is 4.60. The van der Waals surface area contributed by atoms with Gasteiger partial charge in [0.2, 0.25) is 11.7 Å². The van der Waals surface area contributed by atoms with Crippen molar-refractivity contribution in [2.75, 3.05) is 27.3 Å². The summed E-state index contributed by atoms with van der Waals surface area (Å²) in [7, 11) is 2.57. The van der Waals surface area contributed by atoms with E-state index >= 15 is 0 Å². The van der Waals surface area contributed by atoms with Crippen LogP contribution in [0.3, 0.4) is 0 Å². The number of hydrogen-bond donors (Lipinski definition) is 0. The van der Waals surface area contributed by atoms with E-state index in [0.29, 0.717) is 12.8 Å². The zero-order valence-corrected chi connectivity index (χ0v) is 20.3. The van der Waals surface area contributed by atoms with Gasteiger partial charge in [0, 0.05) is 18.5 Å². The number of ether oxygens (including phenoxy) is 3. The number of nitriles is 1. The number of esters is 1. The quantitative estimate of drug-likeness (QED) is 0.431. The minimum Gasteiger partial charge on any atom is -0.493 e. The van der Waals surface area contributed by atoms with Crippen LogP contribution in [-0.4, -0.2) is 72.9 Å². The van der Waals surface area contributed by atoms with Gasteiger partial charge >= 0.3 is 5.97 Å². The second kappa shape index (κ2) is 10.4. The zero-order chi connectivity index (χ0) is 26.7. The largest absolute Gasteiger partial charge is 0.493 e. The Kier molecular flexibility index (Phi) is 7.29. The lowest BCUT2D eigenvalue weighted by Crippen LogP contribution is -2.49. The van der Waals surface area contributed by atoms with E-state index in [1.54, 1.807) is 30.3 Å². The fourth-order valence-corrected chi connectivity index (χ4v) is 4.60. The highest BCUT2D eigenvalue weighted by Crippen LogP contribution is 2.41. The van der Waals surface area contributed by atoms with Crippen LogP contribution in [0.15, 0.2) is 42.5 Å². The Morgan fingerprint density at radius 1 is 1.03 bits per heavy atom. The Bertz CT molecular complexity index is 1220. The van der Waals surface area contributed by atoms with Crippen LogP contribution in [-0.2, 0) is 4.79 Å². The first-order chi connectivity index (χ1) is 17.7. The minimum absolute atomic E-state index is 0.0371. The molecule has 2 saturated heterocycles. The number of rotatable bonds is 6. The summed E-state index contributed by atoms with van der Waals surface area (Å²) in [6.45, 7) is -0.688. The van der Waals surface area contributed by atoms with E-state index < -0.39 is 48.8 Å². The molecule has 9 nitrogen and oxygen atoms in total. The lowest BCUT2D eigenvalue weighted by molar-refractivity contribution is -0.135. The van der Waals surface area contributed by atoms with E-state index in [1.807, 2.05) is 6.07 Å². The van der Waals surface area contributed by atoms with Crippen LogP contribution < -0.4 is 14.2 Å². The van der Waals surface area contributed by atoms with Gasteiger partial charge in [-0.05, 0) is 37.1 Å². The number of likely N-dealkylation sites (tertiary alicyclic amines) is 2. The van der Waals surface area contributed by atoms with Gasteiger partial charge in [-0.2, -0.15) is 5.26 Å². The summed E-state index contributed by atoms with van der Waals surface area (Å²) < 4.78 is 45.0. The third kappa shape index (κ3) is 5.18. The molecule has 37 heavy (non-hydrogen) atoms. The molecule has 0 bridgehead atoms. The fraction of sp³-hybridized carbons (Fsp3) is 0.385. The first-order valence-electron chi connectivity index (χ1n) is 11.6. The van der Waals surface area contributed by atoms with Gasteiger partial charge in [-0.25, -0.2) is 13.6 Å². The summed E-state index contributed by atoms with van der Waals surface area (Å²) in [6.07, 6.45) is 0.197. The van der Waals surface area contributed by atoms with Crippen molar-refractivity contribution in [3.8, 4) is 23.3 Å². The number of amides is 2. The van der Waals surface area contributed by atoms with E-state index in [2.05, 4.69) is 0 Å². The maximum absolute atomic E-state index is 14.5. The highest BCUT2D eigenvalue weighted by Gasteiger charge is 2.52. The standard InChI is InChI=1S/C26H25F2N3O6/c1-35-20-11-17(12-21(36-2)22(20)37-25(34)16-7-4-3-5-8-16)23(32)31-15-26(27,28)13-19(31)24(33)30-10-6-9-18(30)14-29/h3-5,7-8,11-12,18-19H,6,9-10,13,15H2,1-2H3/t18-,19-/m0/s1. The molecule has 2 aromatic rings. The molecule has 0 unspecified atom stereocenters. The number of nitrogens with zero attached hydrogens (tertiary/aromatic N) is 3. The number of halogens is 2. The van der Waals surface area contributed by atoms with Crippen molar-refractivity contribution in [3.63, 3.8) is 0 Å². The number of methoxy groups -OCH3 is 2. The molecule has 0 spiro atoms. The Morgan fingerprint density at radius 3 is 2.27 bits per heavy atom. The number of carbonyl (C=O) groups excluding carboxylic acids is 3. The predicted molar refractivity (Wildman–Crippen MR) is 126 cm³/mol. The van der Waals surface area contributed by atoms with Gasteiger partial charge in [0.25, 0.3) is 11.8 Å². The molecule has 0 saturated carbocycles. The Morgan fingerprint density at radius 2 is 1.68 bits per heavy atom. The highest BCUT2D eigenvalue weighted by molar-refractivity contribution is 6.00. The average Bonchev–Trinajstić information content (AvgIpc) is 3.52. The number of carbonyl (C=O) groups is 3. The van der Waals surface area contributed by atoms with E-state index in [4.69, 9.17) is 14.2 Å². The van der Waals surface area contributed by atoms with Crippen molar-refractivity contribution in [2.45, 2.75) is 37.3 Å². The van der Waals surface area contributed by atoms with Crippen LogP contribution in [0, 0.1) is 11.3 Å². The van der Waals surface area contributed by atoms with E-state index in [0.717, 1.165) is 4.90 Å². The molecule has 2 aromatic carbocycles. The minimum atomic E-state index is -3.28. The second-order valence-electron chi connectivity index (χ2n) is 8.79. The molecule has 0 aromatic heterocycles. The summed E-state index contributed by atoms with van der Waals surface area (Å²) in [5, 5.41) is 9.32. The molecule has 2 fully saturated rings. The van der Waals surface area contributed by atoms with Gasteiger partial charge in [0.1, 0.15) is 12.1 Å². The molecule has 2 aliphatic heterocycles. The number of benzene rings is 2. The van der Waals surface area contributed by atoms with Gasteiger partial charge in [-0.3, -0.25) is 9.59 Å². The normalized spacial score (nSPS) is 20.3. The van der Waals surface area contributed by atoms with Crippen molar-refractivity contribution < 1.29 is 37.4 Å². The number of alkyl halides is 2. The van der Waals surface area contributed by atoms with Crippen LogP contribution in [0.5, 0.6) is 17.2 Å². The lowest BCUT2D eigenvalue weighted by Gasteiger charge is -2.29. The smallest absolute Gasteiger partial charge is 0.343 e. The topological polar surface area (TPSA) is 109 Å². The van der Waals surface area contributed by atoms with E-state index in [1.165, 1.54) is 31.3 Å². The third-order valence-electron chi connectivity index (χ3n) is 6.41. The zero-order valence-electron chi connectivity index (χ0n) is 20.3. The van der Waals surface area contributed by atoms with Crippen LogP contribution in [0.1, 0.15) is 40.0 Å². The lowest BCUT2D eigenvalue weighted by atomic mass is 10.1. The molecule has 11 heteroatoms. The van der Waals surface area contributed by atoms with E-state index in [-0.39, 0.29) is 34.9 Å². The average molecular weight is 513 g/mol. The molecule has 0 radical (unpaired) electrons. The maximum Gasteiger partial charge on any atom is 0.343 e. The van der Waals surface area contributed by atoms with Crippen LogP contribution in [0.2, 0.25) is 0 Å². The SMILES string of the molecule is COc1cc(C(=O)N2CC(F)(F)C[C@H]2C(=O)N2CCC[C@H]2C#N)cc(OC)c1OC(=O)c1ccccc1. The molecule has 2 heterocycles. The van der Waals surface area contributed by atoms with Gasteiger partial charge in [0.05, 0.1) is 32.4 Å². The first-order valence-corrected chi connectivity index (χ1v) is 11.6. The van der Waals surface area contributed by atoms with Crippen LogP contribution >= 0.6 is 0 Å². The van der Waals surface area contributed by atoms with Crippen LogP contribution in [0.4, 0.5) is 8.78 Å². The third-order valence-corrected chi connectivity index (χ3v) is 6.41. The molecule has 2 atom stereocenters. The maximum atomic E-state index is 14.5. The molecule has 0 N–H and O–H groups in total. The summed E-state index contributed by atoms with van der Waals surface area (Å²) in [4.78, 5) is 41.3. The molecule has 4 rings (SSSR count). The van der Waals surface area contributed by atoms with Crippen molar-refractivity contribution in [3.05, 3.63) is 53.6 Å². The molecular weight excluding hydrogens is 488 g/mol. The van der Waals surface area contributed by atoms with Crippen LogP contribution in [0.25, 0.3) is 0 Å². The van der Waals surface area contributed by atoms with E-state index in [9.17, 15) is 28.4 Å². The molecule has 194 valence electrons. The molecular formula is C26H25F2N3O6. The van der Waals surface area contributed by atoms with Crippen molar-refractivity contribution in [2.24, 2.45) is 0 Å². The predicted octanol–water partition coefficient (Wildman–Crippen LogP) is 3.29. The molecule has 0 aliphatic carbocycles. The molecule has 2 amide bonds. The Hall–Kier alpha value is -4.20. The highest BCUT2D eigenvalue weighted by atomic mass is 19.3. The summed E-state index contributed by atoms with van der Waals surface area (Å²) in [6, 6.07) is 10.5. The summed E-state index contributed by atoms with van der Waals surface area (Å²) in [5.41, 5.74) is 0.173.